The average Bonchev–Trinajstić information content (AvgIpc) is 3.79. The normalized spacial score (nSPS) is 14.0. The summed E-state index contributed by atoms with van der Waals surface area (Å²) in [7, 11) is 1.63. The molecule has 0 fully saturated rings. The molecule has 2 aromatic carbocycles. The summed E-state index contributed by atoms with van der Waals surface area (Å²) in [4.78, 5) is 56.3. The maximum absolute atomic E-state index is 14.0. The van der Waals surface area contributed by atoms with Crippen molar-refractivity contribution in [2.45, 2.75) is 58.4 Å². The van der Waals surface area contributed by atoms with Gasteiger partial charge in [0.1, 0.15) is 11.6 Å². The fourth-order valence-corrected chi connectivity index (χ4v) is 6.39. The van der Waals surface area contributed by atoms with Crippen molar-refractivity contribution in [3.05, 3.63) is 90.3 Å². The van der Waals surface area contributed by atoms with Crippen LogP contribution in [0.5, 0.6) is 11.5 Å². The number of nitrogens with one attached hydrogen (secondary N) is 1. The molecule has 2 N–H and O–H groups in total. The lowest BCUT2D eigenvalue weighted by atomic mass is 10.1. The summed E-state index contributed by atoms with van der Waals surface area (Å²) >= 11 is 0. The molecular weight excluding hydrogens is 662 g/mol. The van der Waals surface area contributed by atoms with E-state index in [1.807, 2.05) is 71.6 Å². The van der Waals surface area contributed by atoms with Gasteiger partial charge in [0.2, 0.25) is 5.91 Å². The zero-order chi connectivity index (χ0) is 36.7. The summed E-state index contributed by atoms with van der Waals surface area (Å²) in [6, 6.07) is 15.5. The monoisotopic (exact) mass is 709 g/mol. The second-order valence-electron chi connectivity index (χ2n) is 12.6. The summed E-state index contributed by atoms with van der Waals surface area (Å²) in [6.45, 7) is 4.98. The van der Waals surface area contributed by atoms with Crippen LogP contribution in [0.25, 0.3) is 22.4 Å². The predicted octanol–water partition coefficient (Wildman–Crippen LogP) is 5.79. The van der Waals surface area contributed by atoms with Crippen LogP contribution < -0.4 is 9.47 Å². The molecule has 0 saturated carbocycles. The van der Waals surface area contributed by atoms with Crippen LogP contribution in [0.1, 0.15) is 60.3 Å². The van der Waals surface area contributed by atoms with Gasteiger partial charge in [-0.3, -0.25) is 19.4 Å². The van der Waals surface area contributed by atoms with Crippen molar-refractivity contribution in [2.24, 2.45) is 0 Å². The fourth-order valence-electron chi connectivity index (χ4n) is 6.39. The van der Waals surface area contributed by atoms with Crippen molar-refractivity contribution in [1.29, 1.82) is 0 Å². The lowest BCUT2D eigenvalue weighted by molar-refractivity contribution is -0.131. The smallest absolute Gasteiger partial charge is 0.290 e. The molecule has 0 atom stereocenters. The molecule has 274 valence electrons. The molecule has 4 heterocycles. The number of methoxy groups -OCH3 is 1. The van der Waals surface area contributed by atoms with Crippen LogP contribution in [-0.2, 0) is 22.6 Å². The number of pyridine rings is 1. The van der Waals surface area contributed by atoms with Gasteiger partial charge in [-0.05, 0) is 93.5 Å². The van der Waals surface area contributed by atoms with E-state index in [2.05, 4.69) is 30.6 Å². The van der Waals surface area contributed by atoms with Crippen LogP contribution in [-0.4, -0.2) is 97.6 Å². The number of amides is 2. The van der Waals surface area contributed by atoms with Gasteiger partial charge in [-0.15, -0.1) is 0 Å². The molecule has 2 bridgehead atoms. The van der Waals surface area contributed by atoms with E-state index in [0.717, 1.165) is 60.3 Å². The molecule has 13 heteroatoms. The molecule has 0 spiro atoms. The summed E-state index contributed by atoms with van der Waals surface area (Å²) in [6.07, 6.45) is 12.8. The van der Waals surface area contributed by atoms with Crippen molar-refractivity contribution in [2.75, 3.05) is 39.9 Å². The number of rotatable bonds is 7. The Kier molecular flexibility index (Phi) is 13.7. The van der Waals surface area contributed by atoms with E-state index >= 15 is 0 Å². The second kappa shape index (κ2) is 19.0. The molecule has 52 heavy (non-hydrogen) atoms. The lowest BCUT2D eigenvalue weighted by Gasteiger charge is -2.26. The first kappa shape index (κ1) is 37.5. The van der Waals surface area contributed by atoms with E-state index in [-0.39, 0.29) is 18.3 Å². The number of aromatic amines is 1. The van der Waals surface area contributed by atoms with Gasteiger partial charge in [-0.25, -0.2) is 9.97 Å². The molecule has 0 radical (unpaired) electrons. The van der Waals surface area contributed by atoms with E-state index in [9.17, 15) is 9.59 Å². The number of carbonyl (C=O) groups excluding carboxylic acids is 2. The van der Waals surface area contributed by atoms with E-state index in [0.29, 0.717) is 69.2 Å². The Hall–Kier alpha value is -5.72. The maximum Gasteiger partial charge on any atom is 0.290 e. The molecule has 0 aliphatic carbocycles. The highest BCUT2D eigenvalue weighted by atomic mass is 16.5. The van der Waals surface area contributed by atoms with Gasteiger partial charge in [0.05, 0.1) is 24.8 Å². The number of H-pyrrole nitrogens is 1. The standard InChI is InChI=1S/C38H45N7O4.CH2O2/c1-28-41-32-14-12-31(25-33(32)42-28)38(47)45-19-6-5-18-43(36(46)11-4-3-9-29-10-7-16-39-27-29)20-8-24-49-35-26-30(13-15-34(35)48-2)37-40-17-21-44(37)22-23-45;2-1-3/h7,10,12-17,21,25-27H,3-6,8-9,11,18-20,22-24H2,1-2H3,(H,41,42);1H,(H,2,3). The lowest BCUT2D eigenvalue weighted by Crippen LogP contribution is -2.36. The fraction of sp³-hybridized carbons (Fsp3) is 0.385. The number of aryl methyl sites for hydroxylation is 2. The van der Waals surface area contributed by atoms with Gasteiger partial charge in [0.15, 0.2) is 11.5 Å². The quantitative estimate of drug-likeness (QED) is 0.158. The first-order valence-electron chi connectivity index (χ1n) is 17.7. The molecule has 6 rings (SSSR count). The Morgan fingerprint density at radius 3 is 2.58 bits per heavy atom. The van der Waals surface area contributed by atoms with Crippen molar-refractivity contribution in [1.82, 2.24) is 34.3 Å². The van der Waals surface area contributed by atoms with Crippen LogP contribution in [0.3, 0.4) is 0 Å². The minimum absolute atomic E-state index is 0.0320. The second-order valence-corrected chi connectivity index (χ2v) is 12.6. The molecule has 3 aromatic heterocycles. The Morgan fingerprint density at radius 2 is 1.79 bits per heavy atom. The van der Waals surface area contributed by atoms with Gasteiger partial charge in [0.25, 0.3) is 12.4 Å². The third kappa shape index (κ3) is 10.2. The van der Waals surface area contributed by atoms with Crippen LogP contribution in [0.15, 0.2) is 73.3 Å². The number of hydrogen-bond acceptors (Lipinski definition) is 8. The highest BCUT2D eigenvalue weighted by Crippen LogP contribution is 2.32. The Morgan fingerprint density at radius 1 is 0.981 bits per heavy atom. The highest BCUT2D eigenvalue weighted by molar-refractivity contribution is 5.97. The largest absolute Gasteiger partial charge is 0.493 e. The number of unbranched alkanes of at least 4 members (excludes halogenated alkanes) is 1. The van der Waals surface area contributed by atoms with Crippen LogP contribution in [0.4, 0.5) is 0 Å². The van der Waals surface area contributed by atoms with Crippen LogP contribution in [0, 0.1) is 6.92 Å². The molecule has 13 nitrogen and oxygen atoms in total. The molecule has 5 aromatic rings. The van der Waals surface area contributed by atoms with Gasteiger partial charge in [-0.1, -0.05) is 6.07 Å². The third-order valence-corrected chi connectivity index (χ3v) is 9.00. The zero-order valence-electron chi connectivity index (χ0n) is 29.9. The number of imidazole rings is 2. The number of ether oxygens (including phenoxy) is 2. The Balaban J connectivity index is 0.00000168. The number of nitrogens with zero attached hydrogens (tertiary/aromatic N) is 6. The van der Waals surface area contributed by atoms with Crippen molar-refractivity contribution in [3.8, 4) is 22.9 Å². The van der Waals surface area contributed by atoms with E-state index in [1.54, 1.807) is 19.5 Å². The van der Waals surface area contributed by atoms with E-state index in [1.165, 1.54) is 5.56 Å². The van der Waals surface area contributed by atoms with E-state index < -0.39 is 0 Å². The molecule has 1 aliphatic heterocycles. The number of carbonyl (C=O) groups is 3. The predicted molar refractivity (Wildman–Crippen MR) is 197 cm³/mol. The minimum atomic E-state index is -0.250. The Labute approximate surface area is 303 Å². The molecule has 0 unspecified atom stereocenters. The highest BCUT2D eigenvalue weighted by Gasteiger charge is 2.20. The third-order valence-electron chi connectivity index (χ3n) is 9.00. The minimum Gasteiger partial charge on any atom is -0.493 e. The Bertz CT molecular complexity index is 1910. The van der Waals surface area contributed by atoms with Crippen molar-refractivity contribution in [3.63, 3.8) is 0 Å². The van der Waals surface area contributed by atoms with Gasteiger partial charge in [-0.2, -0.15) is 0 Å². The van der Waals surface area contributed by atoms with Crippen molar-refractivity contribution < 1.29 is 29.0 Å². The molecule has 2 amide bonds. The number of carboxylic acid groups (broad SMARTS) is 1. The van der Waals surface area contributed by atoms with E-state index in [4.69, 9.17) is 19.4 Å². The van der Waals surface area contributed by atoms with Gasteiger partial charge in [0, 0.05) is 75.1 Å². The van der Waals surface area contributed by atoms with Crippen LogP contribution in [0.2, 0.25) is 0 Å². The average molecular weight is 710 g/mol. The van der Waals surface area contributed by atoms with Crippen LogP contribution >= 0.6 is 0 Å². The maximum atomic E-state index is 14.0. The zero-order valence-corrected chi connectivity index (χ0v) is 29.9. The SMILES string of the molecule is COc1ccc2cc1OCCCN(C(=O)CCCCc1cccnc1)CCCCN(C(=O)c1ccc3nc(C)[nH]c3c1)CCn1ccnc1-2.O=CO. The molecular formula is C39H47N7O6. The number of benzene rings is 2. The van der Waals surface area contributed by atoms with Gasteiger partial charge >= 0.3 is 0 Å². The number of fused-ring (bicyclic) bond motifs is 5. The summed E-state index contributed by atoms with van der Waals surface area (Å²) in [5.41, 5.74) is 4.39. The molecule has 0 saturated heterocycles. The number of aromatic nitrogens is 5. The topological polar surface area (TPSA) is 156 Å². The summed E-state index contributed by atoms with van der Waals surface area (Å²) in [5.74, 6) is 3.00. The van der Waals surface area contributed by atoms with Crippen molar-refractivity contribution >= 4 is 29.3 Å². The summed E-state index contributed by atoms with van der Waals surface area (Å²) in [5, 5.41) is 6.89. The van der Waals surface area contributed by atoms with Gasteiger partial charge < -0.3 is 33.9 Å². The number of hydrogen-bond donors (Lipinski definition) is 2. The first-order chi connectivity index (χ1) is 25.4. The summed E-state index contributed by atoms with van der Waals surface area (Å²) < 4.78 is 13.9. The first-order valence-corrected chi connectivity index (χ1v) is 17.7. The molecule has 1 aliphatic rings.